The summed E-state index contributed by atoms with van der Waals surface area (Å²) in [7, 11) is 0. The number of aryl methyl sites for hydroxylation is 1. The van der Waals surface area contributed by atoms with Crippen LogP contribution in [0.2, 0.25) is 0 Å². The van der Waals surface area contributed by atoms with Crippen LogP contribution in [0.1, 0.15) is 51.5 Å². The first-order valence-electron chi connectivity index (χ1n) is 5.93. The number of thiophene rings is 1. The lowest BCUT2D eigenvalue weighted by atomic mass is 9.66. The summed E-state index contributed by atoms with van der Waals surface area (Å²) in [6.07, 6.45) is 2.30. The molecule has 0 aliphatic carbocycles. The largest absolute Gasteiger partial charge is 0.391 e. The average Bonchev–Trinajstić information content (AvgIpc) is 2.60. The smallest absolute Gasteiger partial charge is 0.0774 e. The molecule has 1 nitrogen and oxygen atoms in total. The van der Waals surface area contributed by atoms with Gasteiger partial charge in [-0.05, 0) is 40.7 Å². The first-order valence-corrected chi connectivity index (χ1v) is 6.81. The van der Waals surface area contributed by atoms with Crippen molar-refractivity contribution < 1.29 is 5.11 Å². The molecule has 0 aromatic carbocycles. The lowest BCUT2D eigenvalue weighted by Gasteiger charge is -2.39. The molecule has 2 heteroatoms. The molecule has 0 spiro atoms. The van der Waals surface area contributed by atoms with Gasteiger partial charge in [0.05, 0.1) is 6.61 Å². The van der Waals surface area contributed by atoms with Crippen LogP contribution in [0.25, 0.3) is 0 Å². The Balaban J connectivity index is 2.57. The third kappa shape index (κ3) is 3.33. The predicted molar refractivity (Wildman–Crippen MR) is 71.8 cm³/mol. The molecule has 1 aromatic rings. The van der Waals surface area contributed by atoms with Crippen molar-refractivity contribution in [1.82, 2.24) is 0 Å². The predicted octanol–water partition coefficient (Wildman–Crippen LogP) is 4.25. The standard InChI is InChI=1S/C14H24OS/c1-13(2,3)14(4,5)7-6-11-8-12(9-15)16-10-11/h8,10,15H,6-7,9H2,1-5H3. The van der Waals surface area contributed by atoms with Crippen LogP contribution in [0, 0.1) is 10.8 Å². The highest BCUT2D eigenvalue weighted by Gasteiger charge is 2.32. The maximum Gasteiger partial charge on any atom is 0.0774 e. The van der Waals surface area contributed by atoms with Gasteiger partial charge in [0.1, 0.15) is 0 Å². The number of rotatable bonds is 4. The fourth-order valence-corrected chi connectivity index (χ4v) is 2.25. The SMILES string of the molecule is CC(C)(C)C(C)(C)CCc1csc(CO)c1. The molecule has 1 N–H and O–H groups in total. The second kappa shape index (κ2) is 4.89. The fraction of sp³-hybridized carbons (Fsp3) is 0.714. The van der Waals surface area contributed by atoms with Gasteiger partial charge in [0.15, 0.2) is 0 Å². The summed E-state index contributed by atoms with van der Waals surface area (Å²) in [5, 5.41) is 11.2. The highest BCUT2D eigenvalue weighted by molar-refractivity contribution is 7.10. The Hall–Kier alpha value is -0.340. The van der Waals surface area contributed by atoms with Crippen LogP contribution >= 0.6 is 11.3 Å². The van der Waals surface area contributed by atoms with E-state index in [0.29, 0.717) is 10.8 Å². The van der Waals surface area contributed by atoms with Gasteiger partial charge in [0.25, 0.3) is 0 Å². The van der Waals surface area contributed by atoms with Gasteiger partial charge >= 0.3 is 0 Å². The summed E-state index contributed by atoms with van der Waals surface area (Å²) < 4.78 is 0. The minimum Gasteiger partial charge on any atom is -0.391 e. The Morgan fingerprint density at radius 2 is 1.81 bits per heavy atom. The zero-order chi connectivity index (χ0) is 12.4. The van der Waals surface area contributed by atoms with Gasteiger partial charge in [-0.1, -0.05) is 34.6 Å². The normalized spacial score (nSPS) is 13.1. The minimum absolute atomic E-state index is 0.174. The Morgan fingerprint density at radius 1 is 1.19 bits per heavy atom. The third-order valence-electron chi connectivity index (χ3n) is 3.93. The van der Waals surface area contributed by atoms with E-state index in [9.17, 15) is 0 Å². The van der Waals surface area contributed by atoms with Crippen molar-refractivity contribution in [3.8, 4) is 0 Å². The van der Waals surface area contributed by atoms with Crippen LogP contribution in [0.15, 0.2) is 11.4 Å². The van der Waals surface area contributed by atoms with Gasteiger partial charge in [-0.25, -0.2) is 0 Å². The summed E-state index contributed by atoms with van der Waals surface area (Å²) in [4.78, 5) is 1.07. The molecule has 0 radical (unpaired) electrons. The van der Waals surface area contributed by atoms with E-state index in [4.69, 9.17) is 5.11 Å². The van der Waals surface area contributed by atoms with Gasteiger partial charge in [0, 0.05) is 4.88 Å². The van der Waals surface area contributed by atoms with Crippen LogP contribution < -0.4 is 0 Å². The molecule has 92 valence electrons. The fourth-order valence-electron chi connectivity index (χ4n) is 1.47. The Morgan fingerprint density at radius 3 is 2.25 bits per heavy atom. The lowest BCUT2D eigenvalue weighted by molar-refractivity contribution is 0.120. The molecule has 16 heavy (non-hydrogen) atoms. The summed E-state index contributed by atoms with van der Waals surface area (Å²) >= 11 is 1.66. The summed E-state index contributed by atoms with van der Waals surface area (Å²) in [5.74, 6) is 0. The number of hydrogen-bond donors (Lipinski definition) is 1. The van der Waals surface area contributed by atoms with Crippen LogP contribution in [0.3, 0.4) is 0 Å². The van der Waals surface area contributed by atoms with Gasteiger partial charge in [-0.3, -0.25) is 0 Å². The monoisotopic (exact) mass is 240 g/mol. The number of aliphatic hydroxyl groups is 1. The maximum atomic E-state index is 9.02. The van der Waals surface area contributed by atoms with E-state index in [1.807, 2.05) is 0 Å². The quantitative estimate of drug-likeness (QED) is 0.834. The van der Waals surface area contributed by atoms with Gasteiger partial charge in [-0.15, -0.1) is 11.3 Å². The number of hydrogen-bond acceptors (Lipinski definition) is 2. The molecule has 0 unspecified atom stereocenters. The number of aliphatic hydroxyl groups excluding tert-OH is 1. The summed E-state index contributed by atoms with van der Waals surface area (Å²) in [6, 6.07) is 2.13. The molecule has 0 aliphatic heterocycles. The molecule has 0 bridgehead atoms. The molecule has 0 atom stereocenters. The van der Waals surface area contributed by atoms with Crippen molar-refractivity contribution >= 4 is 11.3 Å². The van der Waals surface area contributed by atoms with Crippen molar-refractivity contribution in [2.45, 2.75) is 54.1 Å². The molecule has 0 amide bonds. The van der Waals surface area contributed by atoms with Crippen LogP contribution in [0.5, 0.6) is 0 Å². The van der Waals surface area contributed by atoms with Crippen molar-refractivity contribution in [3.63, 3.8) is 0 Å². The zero-order valence-corrected chi connectivity index (χ0v) is 11.9. The zero-order valence-electron chi connectivity index (χ0n) is 11.1. The van der Waals surface area contributed by atoms with E-state index in [1.54, 1.807) is 11.3 Å². The van der Waals surface area contributed by atoms with Gasteiger partial charge in [-0.2, -0.15) is 0 Å². The second-order valence-electron chi connectivity index (χ2n) is 6.21. The molecule has 1 heterocycles. The van der Waals surface area contributed by atoms with Crippen molar-refractivity contribution in [2.24, 2.45) is 10.8 Å². The van der Waals surface area contributed by atoms with E-state index in [2.05, 4.69) is 46.1 Å². The highest BCUT2D eigenvalue weighted by Crippen LogP contribution is 2.41. The molecule has 0 saturated heterocycles. The molecule has 0 saturated carbocycles. The van der Waals surface area contributed by atoms with E-state index in [1.165, 1.54) is 12.0 Å². The minimum atomic E-state index is 0.174. The van der Waals surface area contributed by atoms with E-state index in [0.717, 1.165) is 11.3 Å². The van der Waals surface area contributed by atoms with Crippen molar-refractivity contribution in [3.05, 3.63) is 21.9 Å². The highest BCUT2D eigenvalue weighted by atomic mass is 32.1. The van der Waals surface area contributed by atoms with Crippen LogP contribution in [-0.4, -0.2) is 5.11 Å². The molecular formula is C14H24OS. The lowest BCUT2D eigenvalue weighted by Crippen LogP contribution is -2.30. The molecular weight excluding hydrogens is 216 g/mol. The van der Waals surface area contributed by atoms with Crippen LogP contribution in [-0.2, 0) is 13.0 Å². The van der Waals surface area contributed by atoms with E-state index < -0.39 is 0 Å². The van der Waals surface area contributed by atoms with E-state index in [-0.39, 0.29) is 6.61 Å². The molecule has 0 aliphatic rings. The van der Waals surface area contributed by atoms with Crippen molar-refractivity contribution in [2.75, 3.05) is 0 Å². The first kappa shape index (κ1) is 13.7. The third-order valence-corrected chi connectivity index (χ3v) is 4.90. The van der Waals surface area contributed by atoms with E-state index >= 15 is 0 Å². The maximum absolute atomic E-state index is 9.02. The molecule has 1 rings (SSSR count). The molecule has 0 fully saturated rings. The second-order valence-corrected chi connectivity index (χ2v) is 7.21. The van der Waals surface area contributed by atoms with Gasteiger partial charge in [0.2, 0.25) is 0 Å². The molecule has 1 aromatic heterocycles. The first-order chi connectivity index (χ1) is 7.26. The van der Waals surface area contributed by atoms with Crippen molar-refractivity contribution in [1.29, 1.82) is 0 Å². The Bertz CT molecular complexity index is 331. The summed E-state index contributed by atoms with van der Waals surface area (Å²) in [5.41, 5.74) is 2.04. The summed E-state index contributed by atoms with van der Waals surface area (Å²) in [6.45, 7) is 11.8. The van der Waals surface area contributed by atoms with Gasteiger partial charge < -0.3 is 5.11 Å². The average molecular weight is 240 g/mol. The van der Waals surface area contributed by atoms with Crippen LogP contribution in [0.4, 0.5) is 0 Å². The Labute approximate surface area is 104 Å². The Kier molecular flexibility index (Phi) is 4.19. The topological polar surface area (TPSA) is 20.2 Å².